The van der Waals surface area contributed by atoms with E-state index in [9.17, 15) is 0 Å². The summed E-state index contributed by atoms with van der Waals surface area (Å²) >= 11 is 0. The van der Waals surface area contributed by atoms with Gasteiger partial charge in [0.15, 0.2) is 0 Å². The molecule has 2 aliphatic heterocycles. The van der Waals surface area contributed by atoms with E-state index in [2.05, 4.69) is 10.2 Å². The van der Waals surface area contributed by atoms with Crippen LogP contribution in [0.5, 0.6) is 0 Å². The van der Waals surface area contributed by atoms with Crippen molar-refractivity contribution in [2.75, 3.05) is 39.3 Å². The topological polar surface area (TPSA) is 35.5 Å². The zero-order valence-corrected chi connectivity index (χ0v) is 8.72. The summed E-state index contributed by atoms with van der Waals surface area (Å²) in [5.74, 6) is 1.77. The van der Waals surface area contributed by atoms with Gasteiger partial charge in [-0.3, -0.25) is 0 Å². The number of hydrogen-bond donors (Lipinski definition) is 2. The van der Waals surface area contributed by atoms with Crippen LogP contribution in [0.3, 0.4) is 0 Å². The van der Waals surface area contributed by atoms with Crippen LogP contribution < -0.4 is 5.32 Å². The van der Waals surface area contributed by atoms with Crippen LogP contribution in [0.4, 0.5) is 0 Å². The van der Waals surface area contributed by atoms with Crippen molar-refractivity contribution in [2.24, 2.45) is 11.8 Å². The number of nitrogens with one attached hydrogen (secondary N) is 1. The molecule has 0 saturated carbocycles. The van der Waals surface area contributed by atoms with Crippen molar-refractivity contribution in [1.29, 1.82) is 0 Å². The van der Waals surface area contributed by atoms with Gasteiger partial charge in [-0.15, -0.1) is 12.4 Å². The van der Waals surface area contributed by atoms with Crippen LogP contribution in [0.1, 0.15) is 6.42 Å². The standard InChI is InChI=1S/C9H18N2O.ClH/c12-4-3-11-2-1-8-5-10-6-9(8)7-11;/h8-10,12H,1-7H2;1H. The first kappa shape index (κ1) is 11.2. The maximum absolute atomic E-state index is 8.80. The maximum Gasteiger partial charge on any atom is 0.0558 e. The molecule has 2 fully saturated rings. The molecule has 0 spiro atoms. The van der Waals surface area contributed by atoms with E-state index < -0.39 is 0 Å². The average Bonchev–Trinajstić information content (AvgIpc) is 2.51. The number of aliphatic hydroxyl groups is 1. The van der Waals surface area contributed by atoms with Crippen molar-refractivity contribution in [1.82, 2.24) is 10.2 Å². The molecule has 0 radical (unpaired) electrons. The number of aliphatic hydroxyl groups excluding tert-OH is 1. The molecule has 13 heavy (non-hydrogen) atoms. The minimum Gasteiger partial charge on any atom is -0.395 e. The molecule has 0 aromatic heterocycles. The monoisotopic (exact) mass is 206 g/mol. The summed E-state index contributed by atoms with van der Waals surface area (Å²) in [6.45, 7) is 5.96. The van der Waals surface area contributed by atoms with Crippen LogP contribution in [0.2, 0.25) is 0 Å². The lowest BCUT2D eigenvalue weighted by atomic mass is 9.89. The molecule has 2 saturated heterocycles. The second-order valence-electron chi connectivity index (χ2n) is 3.99. The number of likely N-dealkylation sites (tertiary alicyclic amines) is 1. The van der Waals surface area contributed by atoms with Crippen molar-refractivity contribution in [3.8, 4) is 0 Å². The van der Waals surface area contributed by atoms with E-state index in [0.717, 1.165) is 18.4 Å². The lowest BCUT2D eigenvalue weighted by molar-refractivity contribution is 0.122. The first-order valence-corrected chi connectivity index (χ1v) is 4.94. The second kappa shape index (κ2) is 5.15. The van der Waals surface area contributed by atoms with E-state index in [1.165, 1.54) is 32.6 Å². The minimum absolute atomic E-state index is 0. The van der Waals surface area contributed by atoms with Gasteiger partial charge in [0, 0.05) is 13.1 Å². The molecule has 4 heteroatoms. The maximum atomic E-state index is 8.80. The molecule has 2 aliphatic rings. The van der Waals surface area contributed by atoms with Gasteiger partial charge in [-0.05, 0) is 37.9 Å². The number of fused-ring (bicyclic) bond motifs is 1. The van der Waals surface area contributed by atoms with Crippen LogP contribution in [0, 0.1) is 11.8 Å². The Hall–Kier alpha value is 0.170. The number of nitrogens with zero attached hydrogens (tertiary/aromatic N) is 1. The van der Waals surface area contributed by atoms with E-state index in [-0.39, 0.29) is 12.4 Å². The number of β-amino-alcohol motifs (C(OH)–C–C–N with tert-alkyl or cyclic N) is 1. The molecule has 0 aromatic rings. The Morgan fingerprint density at radius 1 is 1.31 bits per heavy atom. The molecule has 0 aliphatic carbocycles. The lowest BCUT2D eigenvalue weighted by Crippen LogP contribution is -2.41. The largest absolute Gasteiger partial charge is 0.395 e. The van der Waals surface area contributed by atoms with Crippen molar-refractivity contribution >= 4 is 12.4 Å². The summed E-state index contributed by atoms with van der Waals surface area (Å²) in [5, 5.41) is 12.2. The van der Waals surface area contributed by atoms with Crippen molar-refractivity contribution < 1.29 is 5.11 Å². The third-order valence-corrected chi connectivity index (χ3v) is 3.20. The number of halogens is 1. The Labute approximate surface area is 85.9 Å². The molecule has 2 unspecified atom stereocenters. The van der Waals surface area contributed by atoms with Crippen LogP contribution in [0.15, 0.2) is 0 Å². The van der Waals surface area contributed by atoms with Crippen LogP contribution in [0.25, 0.3) is 0 Å². The van der Waals surface area contributed by atoms with E-state index in [0.29, 0.717) is 6.61 Å². The van der Waals surface area contributed by atoms with Crippen LogP contribution in [-0.2, 0) is 0 Å². The average molecular weight is 207 g/mol. The molecule has 2 N–H and O–H groups in total. The SMILES string of the molecule is Cl.OCCN1CCC2CNCC2C1. The fourth-order valence-corrected chi connectivity index (χ4v) is 2.45. The highest BCUT2D eigenvalue weighted by atomic mass is 35.5. The van der Waals surface area contributed by atoms with Crippen molar-refractivity contribution in [3.63, 3.8) is 0 Å². The summed E-state index contributed by atoms with van der Waals surface area (Å²) in [6, 6.07) is 0. The molecule has 3 nitrogen and oxygen atoms in total. The van der Waals surface area contributed by atoms with E-state index in [4.69, 9.17) is 5.11 Å². The molecule has 2 rings (SSSR count). The molecular formula is C9H19ClN2O. The fraction of sp³-hybridized carbons (Fsp3) is 1.00. The van der Waals surface area contributed by atoms with Gasteiger partial charge >= 0.3 is 0 Å². The first-order valence-electron chi connectivity index (χ1n) is 4.94. The molecular weight excluding hydrogens is 188 g/mol. The fourth-order valence-electron chi connectivity index (χ4n) is 2.45. The summed E-state index contributed by atoms with van der Waals surface area (Å²) in [5.41, 5.74) is 0. The first-order chi connectivity index (χ1) is 5.90. The van der Waals surface area contributed by atoms with E-state index in [1.807, 2.05) is 0 Å². The summed E-state index contributed by atoms with van der Waals surface area (Å²) in [4.78, 5) is 2.38. The Kier molecular flexibility index (Phi) is 4.46. The third kappa shape index (κ3) is 2.56. The lowest BCUT2D eigenvalue weighted by Gasteiger charge is -2.33. The summed E-state index contributed by atoms with van der Waals surface area (Å²) in [7, 11) is 0. The van der Waals surface area contributed by atoms with Crippen LogP contribution in [-0.4, -0.2) is 49.3 Å². The van der Waals surface area contributed by atoms with Crippen molar-refractivity contribution in [2.45, 2.75) is 6.42 Å². The minimum atomic E-state index is 0. The highest BCUT2D eigenvalue weighted by Crippen LogP contribution is 2.25. The molecule has 0 bridgehead atoms. The molecule has 2 heterocycles. The van der Waals surface area contributed by atoms with Gasteiger partial charge in [0.1, 0.15) is 0 Å². The highest BCUT2D eigenvalue weighted by molar-refractivity contribution is 5.85. The van der Waals surface area contributed by atoms with Gasteiger partial charge in [-0.25, -0.2) is 0 Å². The summed E-state index contributed by atoms with van der Waals surface area (Å²) < 4.78 is 0. The number of piperidine rings is 1. The highest BCUT2D eigenvalue weighted by Gasteiger charge is 2.32. The second-order valence-corrected chi connectivity index (χ2v) is 3.99. The predicted octanol–water partition coefficient (Wildman–Crippen LogP) is -0.0582. The smallest absolute Gasteiger partial charge is 0.0558 e. The normalized spacial score (nSPS) is 33.9. The Morgan fingerprint density at radius 2 is 2.08 bits per heavy atom. The van der Waals surface area contributed by atoms with Gasteiger partial charge in [-0.1, -0.05) is 0 Å². The van der Waals surface area contributed by atoms with Gasteiger partial charge in [0.2, 0.25) is 0 Å². The molecule has 78 valence electrons. The quantitative estimate of drug-likeness (QED) is 0.665. The van der Waals surface area contributed by atoms with Gasteiger partial charge in [0.05, 0.1) is 6.61 Å². The zero-order valence-electron chi connectivity index (χ0n) is 7.91. The third-order valence-electron chi connectivity index (χ3n) is 3.20. The van der Waals surface area contributed by atoms with Gasteiger partial charge in [0.25, 0.3) is 0 Å². The van der Waals surface area contributed by atoms with E-state index in [1.54, 1.807) is 0 Å². The predicted molar refractivity (Wildman–Crippen MR) is 55.2 cm³/mol. The Morgan fingerprint density at radius 3 is 2.85 bits per heavy atom. The van der Waals surface area contributed by atoms with Gasteiger partial charge < -0.3 is 15.3 Å². The number of hydrogen-bond acceptors (Lipinski definition) is 3. The Balaban J connectivity index is 0.000000845. The molecule has 0 amide bonds. The molecule has 0 aromatic carbocycles. The van der Waals surface area contributed by atoms with E-state index >= 15 is 0 Å². The van der Waals surface area contributed by atoms with Gasteiger partial charge in [-0.2, -0.15) is 0 Å². The van der Waals surface area contributed by atoms with Crippen LogP contribution >= 0.6 is 12.4 Å². The Bertz CT molecular complexity index is 157. The molecule has 2 atom stereocenters. The zero-order chi connectivity index (χ0) is 8.39. The number of rotatable bonds is 2. The summed E-state index contributed by atoms with van der Waals surface area (Å²) in [6.07, 6.45) is 1.32. The van der Waals surface area contributed by atoms with Crippen molar-refractivity contribution in [3.05, 3.63) is 0 Å².